The molecule has 9 nitrogen and oxygen atoms in total. The molecule has 81 heavy (non-hydrogen) atoms. The lowest BCUT2D eigenvalue weighted by molar-refractivity contribution is -0.870. The van der Waals surface area contributed by atoms with Gasteiger partial charge in [0, 0.05) is 12.8 Å². The summed E-state index contributed by atoms with van der Waals surface area (Å²) in [5, 5.41) is 3.01. The molecule has 0 spiro atoms. The topological polar surface area (TPSA) is 114 Å². The summed E-state index contributed by atoms with van der Waals surface area (Å²) in [7, 11) is 1.14. The van der Waals surface area contributed by atoms with Crippen LogP contribution < -0.4 is 10.2 Å². The Labute approximate surface area is 498 Å². The standard InChI is InChI=1S/C71H121N2O7P/c1-7-10-13-16-19-22-25-27-29-31-33-34-35-36-37-38-40-42-44-46-49-52-55-58-61-64-71(75)80-69(62-59-56-53-50-47-24-21-18-15-12-9-3)68(67-79-81(76,77)78-66-65-73(4,5)6)72-70(74)63-60-57-54-51-48-45-43-41-39-32-30-28-26-23-20-17-14-11-8-2/h10-11,13-14,19-20,22-23,27-30,33-34,36-37,39,41,45,48,59,62,68-69H,7-9,12,15-18,21,24-26,31-32,35,38,40,42-44,46-47,49-58,60-61,63-67H2,1-6H3,(H-,72,74,76,77)/b13-10-,14-11-,22-19-,23-20-,29-27-,30-28-,34-33-,37-36-,41-39-,48-45-,62-59-. The minimum Gasteiger partial charge on any atom is -0.756 e. The molecule has 0 aromatic carbocycles. The number of quaternary nitrogens is 1. The summed E-state index contributed by atoms with van der Waals surface area (Å²) < 4.78 is 30.3. The highest BCUT2D eigenvalue weighted by molar-refractivity contribution is 7.45. The highest BCUT2D eigenvalue weighted by atomic mass is 31.2. The zero-order chi connectivity index (χ0) is 59.3. The highest BCUT2D eigenvalue weighted by Crippen LogP contribution is 2.38. The number of phosphoric ester groups is 1. The molecule has 0 aliphatic heterocycles. The van der Waals surface area contributed by atoms with Gasteiger partial charge in [-0.15, -0.1) is 0 Å². The third-order valence-corrected chi connectivity index (χ3v) is 14.5. The van der Waals surface area contributed by atoms with Crippen molar-refractivity contribution in [3.8, 4) is 0 Å². The Morgan fingerprint density at radius 2 is 0.790 bits per heavy atom. The van der Waals surface area contributed by atoms with E-state index in [0.29, 0.717) is 23.9 Å². The van der Waals surface area contributed by atoms with Gasteiger partial charge in [-0.05, 0) is 122 Å². The van der Waals surface area contributed by atoms with E-state index in [-0.39, 0.29) is 31.3 Å². The molecule has 10 heteroatoms. The van der Waals surface area contributed by atoms with Gasteiger partial charge < -0.3 is 28.5 Å². The Morgan fingerprint density at radius 3 is 1.20 bits per heavy atom. The first-order valence-corrected chi connectivity index (χ1v) is 34.0. The molecule has 0 aliphatic carbocycles. The second-order valence-corrected chi connectivity index (χ2v) is 23.9. The number of unbranched alkanes of at least 4 members (excludes halogenated alkanes) is 21. The van der Waals surface area contributed by atoms with Crippen LogP contribution in [0.15, 0.2) is 134 Å². The number of carbonyl (C=O) groups excluding carboxylic acids is 2. The Bertz CT molecular complexity index is 1850. The van der Waals surface area contributed by atoms with Crippen LogP contribution in [0.5, 0.6) is 0 Å². The number of rotatable bonds is 57. The van der Waals surface area contributed by atoms with Gasteiger partial charge in [0.2, 0.25) is 5.91 Å². The van der Waals surface area contributed by atoms with Crippen LogP contribution in [0.3, 0.4) is 0 Å². The number of esters is 1. The summed E-state index contributed by atoms with van der Waals surface area (Å²) >= 11 is 0. The molecule has 0 bridgehead atoms. The van der Waals surface area contributed by atoms with Crippen molar-refractivity contribution in [2.24, 2.45) is 0 Å². The van der Waals surface area contributed by atoms with Crippen molar-refractivity contribution in [2.75, 3.05) is 40.9 Å². The first-order valence-electron chi connectivity index (χ1n) is 32.5. The predicted octanol–water partition coefficient (Wildman–Crippen LogP) is 19.8. The van der Waals surface area contributed by atoms with Crippen LogP contribution in [0.2, 0.25) is 0 Å². The first kappa shape index (κ1) is 77.2. The number of carbonyl (C=O) groups is 2. The van der Waals surface area contributed by atoms with Crippen molar-refractivity contribution in [1.29, 1.82) is 0 Å². The molecule has 0 aliphatic rings. The van der Waals surface area contributed by atoms with Crippen LogP contribution in [-0.4, -0.2) is 69.4 Å². The van der Waals surface area contributed by atoms with E-state index in [1.165, 1.54) is 77.0 Å². The van der Waals surface area contributed by atoms with Gasteiger partial charge >= 0.3 is 5.97 Å². The van der Waals surface area contributed by atoms with E-state index in [9.17, 15) is 19.0 Å². The van der Waals surface area contributed by atoms with Gasteiger partial charge in [-0.25, -0.2) is 0 Å². The van der Waals surface area contributed by atoms with E-state index in [1.54, 1.807) is 0 Å². The maximum atomic E-state index is 13.5. The number of amides is 1. The van der Waals surface area contributed by atoms with Crippen molar-refractivity contribution in [1.82, 2.24) is 5.32 Å². The van der Waals surface area contributed by atoms with E-state index >= 15 is 0 Å². The zero-order valence-corrected chi connectivity index (χ0v) is 53.6. The minimum atomic E-state index is -4.72. The fourth-order valence-electron chi connectivity index (χ4n) is 8.63. The van der Waals surface area contributed by atoms with Crippen LogP contribution in [0.25, 0.3) is 0 Å². The predicted molar refractivity (Wildman–Crippen MR) is 348 cm³/mol. The normalized spacial score (nSPS) is 14.5. The van der Waals surface area contributed by atoms with Crippen LogP contribution >= 0.6 is 7.82 Å². The monoisotopic (exact) mass is 1140 g/mol. The molecule has 0 aromatic heterocycles. The molecule has 0 rings (SSSR count). The van der Waals surface area contributed by atoms with Crippen LogP contribution in [-0.2, 0) is 27.9 Å². The smallest absolute Gasteiger partial charge is 0.306 e. The molecule has 3 atom stereocenters. The van der Waals surface area contributed by atoms with E-state index in [2.05, 4.69) is 148 Å². The van der Waals surface area contributed by atoms with Crippen LogP contribution in [0.1, 0.15) is 252 Å². The second-order valence-electron chi connectivity index (χ2n) is 22.5. The van der Waals surface area contributed by atoms with Crippen LogP contribution in [0.4, 0.5) is 0 Å². The molecular weight excluding hydrogens is 1020 g/mol. The lowest BCUT2D eigenvalue weighted by Crippen LogP contribution is -2.47. The number of nitrogens with zero attached hydrogens (tertiary/aromatic N) is 1. The van der Waals surface area contributed by atoms with Gasteiger partial charge in [0.05, 0.1) is 33.8 Å². The lowest BCUT2D eigenvalue weighted by Gasteiger charge is -2.30. The van der Waals surface area contributed by atoms with E-state index < -0.39 is 26.6 Å². The number of nitrogens with one attached hydrogen (secondary N) is 1. The fourth-order valence-corrected chi connectivity index (χ4v) is 9.36. The lowest BCUT2D eigenvalue weighted by atomic mass is 10.1. The molecule has 462 valence electrons. The van der Waals surface area contributed by atoms with Gasteiger partial charge in [-0.2, -0.15) is 0 Å². The summed E-state index contributed by atoms with van der Waals surface area (Å²) in [5.74, 6) is -0.595. The van der Waals surface area contributed by atoms with Crippen molar-refractivity contribution >= 4 is 19.7 Å². The molecular formula is C71H121N2O7P. The molecule has 0 aromatic rings. The number of phosphoric acid groups is 1. The van der Waals surface area contributed by atoms with Gasteiger partial charge in [0.15, 0.2) is 0 Å². The Hall–Kier alpha value is -3.85. The molecule has 0 saturated heterocycles. The van der Waals surface area contributed by atoms with E-state index in [1.807, 2.05) is 33.3 Å². The van der Waals surface area contributed by atoms with Gasteiger partial charge in [0.1, 0.15) is 19.3 Å². The molecule has 1 N–H and O–H groups in total. The minimum absolute atomic E-state index is 0.0373. The fraction of sp³-hybridized carbons (Fsp3) is 0.662. The average Bonchev–Trinajstić information content (AvgIpc) is 3.43. The average molecular weight is 1150 g/mol. The SMILES string of the molecule is CC/C=C\C/C=C\C/C=C\C/C=C\C/C=C\CCCCCCCCCCCC(=O)OC(/C=C\CCCCCCCCCCC)C(COP(=O)([O-])OCC[N+](C)(C)C)NC(=O)CCCCC/C=C\C/C=C\C/C=C\C/C=C\C/C=C\CC. The van der Waals surface area contributed by atoms with Crippen molar-refractivity contribution in [3.63, 3.8) is 0 Å². The van der Waals surface area contributed by atoms with Crippen molar-refractivity contribution in [2.45, 2.75) is 264 Å². The summed E-state index contributed by atoms with van der Waals surface area (Å²) in [6.45, 7) is 6.57. The maximum absolute atomic E-state index is 13.5. The molecule has 3 unspecified atom stereocenters. The van der Waals surface area contributed by atoms with E-state index in [0.717, 1.165) is 128 Å². The van der Waals surface area contributed by atoms with Gasteiger partial charge in [-0.3, -0.25) is 14.2 Å². The summed E-state index contributed by atoms with van der Waals surface area (Å²) in [6, 6.07) is -0.918. The number of hydrogen-bond donors (Lipinski definition) is 1. The number of hydrogen-bond acceptors (Lipinski definition) is 7. The quantitative estimate of drug-likeness (QED) is 0.0212. The molecule has 0 radical (unpaired) electrons. The Kier molecular flexibility index (Phi) is 56.5. The number of allylic oxidation sites excluding steroid dienone is 21. The molecule has 0 fully saturated rings. The third kappa shape index (κ3) is 60.6. The van der Waals surface area contributed by atoms with Crippen LogP contribution in [0, 0.1) is 0 Å². The zero-order valence-electron chi connectivity index (χ0n) is 52.7. The summed E-state index contributed by atoms with van der Waals surface area (Å²) in [4.78, 5) is 40.0. The Balaban J connectivity index is 5.20. The number of ether oxygens (including phenoxy) is 1. The largest absolute Gasteiger partial charge is 0.756 e. The second kappa shape index (κ2) is 59.3. The molecule has 0 heterocycles. The van der Waals surface area contributed by atoms with Gasteiger partial charge in [-0.1, -0.05) is 251 Å². The summed E-state index contributed by atoms with van der Waals surface area (Å²) in [5.41, 5.74) is 0. The Morgan fingerprint density at radius 1 is 0.444 bits per heavy atom. The van der Waals surface area contributed by atoms with Crippen molar-refractivity contribution < 1.29 is 37.3 Å². The molecule has 1 amide bonds. The summed E-state index contributed by atoms with van der Waals surface area (Å²) in [6.07, 6.45) is 84.3. The van der Waals surface area contributed by atoms with Crippen molar-refractivity contribution in [3.05, 3.63) is 134 Å². The van der Waals surface area contributed by atoms with E-state index in [4.69, 9.17) is 13.8 Å². The highest BCUT2D eigenvalue weighted by Gasteiger charge is 2.27. The third-order valence-electron chi connectivity index (χ3n) is 13.6. The first-order chi connectivity index (χ1) is 39.4. The number of likely N-dealkylation sites (N-methyl/N-ethyl adjacent to an activating group) is 1. The van der Waals surface area contributed by atoms with Gasteiger partial charge in [0.25, 0.3) is 7.82 Å². The molecule has 0 saturated carbocycles. The maximum Gasteiger partial charge on any atom is 0.306 e.